The number of carbonyl (C=O) groups excluding carboxylic acids is 2. The van der Waals surface area contributed by atoms with Gasteiger partial charge in [0.1, 0.15) is 17.4 Å². The topological polar surface area (TPSA) is 52.0 Å². The minimum atomic E-state index is -0.790. The van der Waals surface area contributed by atoms with Gasteiger partial charge in [-0.15, -0.1) is 0 Å². The number of carbonyl (C=O) groups is 2. The van der Waals surface area contributed by atoms with Crippen LogP contribution in [0.3, 0.4) is 0 Å². The first-order chi connectivity index (χ1) is 27.8. The first kappa shape index (κ1) is 49.1. The molecule has 1 heterocycles. The van der Waals surface area contributed by atoms with Crippen molar-refractivity contribution in [2.24, 2.45) is 33.0 Å². The van der Waals surface area contributed by atoms with Gasteiger partial charge in [-0.1, -0.05) is 150 Å². The van der Waals surface area contributed by atoms with E-state index in [0.29, 0.717) is 43.1 Å². The predicted octanol–water partition coefficient (Wildman–Crippen LogP) is 15.7. The zero-order valence-corrected chi connectivity index (χ0v) is 40.7. The monoisotopic (exact) mass is 837 g/mol. The summed E-state index contributed by atoms with van der Waals surface area (Å²) in [6.07, 6.45) is 9.50. The van der Waals surface area contributed by atoms with Crippen molar-refractivity contribution in [3.05, 3.63) is 107 Å². The van der Waals surface area contributed by atoms with Crippen molar-refractivity contribution in [2.45, 2.75) is 166 Å². The van der Waals surface area contributed by atoms with Crippen LogP contribution in [0, 0.1) is 39.9 Å². The molecule has 3 aromatic carbocycles. The lowest BCUT2D eigenvalue weighted by atomic mass is 9.54. The number of Topliss-reactive ketones (excluding diaryl/α,β-unsaturated/α-hetero) is 2. The van der Waals surface area contributed by atoms with E-state index in [2.05, 4.69) is 148 Å². The molecule has 4 rings (SSSR count). The number of hydrogen-bond donors (Lipinski definition) is 0. The number of halogens is 1. The number of aryl methyl sites for hydroxylation is 2. The number of aromatic nitrogens is 2. The van der Waals surface area contributed by atoms with Crippen molar-refractivity contribution in [3.63, 3.8) is 0 Å². The van der Waals surface area contributed by atoms with E-state index < -0.39 is 15.6 Å². The van der Waals surface area contributed by atoms with Gasteiger partial charge in [-0.3, -0.25) is 14.2 Å². The van der Waals surface area contributed by atoms with Crippen LogP contribution in [0.1, 0.15) is 170 Å². The molecule has 0 amide bonds. The summed E-state index contributed by atoms with van der Waals surface area (Å²) >= 11 is 0.356. The smallest absolute Gasteiger partial charge is 0.144 e. The van der Waals surface area contributed by atoms with E-state index >= 15 is 0 Å². The molecule has 0 aliphatic carbocycles. The zero-order chi connectivity index (χ0) is 44.9. The van der Waals surface area contributed by atoms with Gasteiger partial charge >= 0.3 is 0 Å². The number of unbranched alkanes of at least 4 members (excludes halogenated alkanes) is 1. The molecular formula is C54H77FN2O2S. The average molecular weight is 837 g/mol. The Morgan fingerprint density at radius 1 is 0.800 bits per heavy atom. The number of hydrogen-bond acceptors (Lipinski definition) is 4. The van der Waals surface area contributed by atoms with Gasteiger partial charge in [0, 0.05) is 47.3 Å². The fraction of sp³-hybridized carbons (Fsp3) is 0.574. The lowest BCUT2D eigenvalue weighted by molar-refractivity contribution is -0.141. The highest BCUT2D eigenvalue weighted by atomic mass is 32.2. The summed E-state index contributed by atoms with van der Waals surface area (Å²) in [6.45, 7) is 32.7. The number of ketones is 2. The lowest BCUT2D eigenvalue weighted by Gasteiger charge is -2.48. The normalized spacial score (nSPS) is 15.9. The van der Waals surface area contributed by atoms with Gasteiger partial charge in [-0.05, 0) is 116 Å². The minimum Gasteiger partial charge on any atom is -0.300 e. The van der Waals surface area contributed by atoms with Crippen LogP contribution in [0.15, 0.2) is 85.2 Å². The van der Waals surface area contributed by atoms with Gasteiger partial charge < -0.3 is 0 Å². The SMILES string of the molecule is CCC(=O)C(C)(CC(C)C(C)(CC(C)(C)CC(c1ccccc1)C(C)(C)C)C(=O)CCCCc1ccc(-c2nccn2-c2ccccc2C)c(C(C)(C)SF)c1)C(C)(C)C. The van der Waals surface area contributed by atoms with Crippen LogP contribution in [0.4, 0.5) is 3.89 Å². The van der Waals surface area contributed by atoms with Crippen molar-refractivity contribution in [1.29, 1.82) is 0 Å². The Hall–Kier alpha value is -3.51. The van der Waals surface area contributed by atoms with Crippen LogP contribution in [-0.4, -0.2) is 21.1 Å². The van der Waals surface area contributed by atoms with E-state index in [4.69, 9.17) is 4.98 Å². The quantitative estimate of drug-likeness (QED) is 0.0832. The molecule has 0 bridgehead atoms. The highest BCUT2D eigenvalue weighted by Crippen LogP contribution is 2.54. The van der Waals surface area contributed by atoms with Gasteiger partial charge in [-0.25, -0.2) is 4.98 Å². The molecule has 0 fully saturated rings. The van der Waals surface area contributed by atoms with Crippen LogP contribution in [0.2, 0.25) is 0 Å². The van der Waals surface area contributed by atoms with E-state index in [-0.39, 0.29) is 27.9 Å². The van der Waals surface area contributed by atoms with Crippen molar-refractivity contribution in [3.8, 4) is 17.1 Å². The molecule has 60 heavy (non-hydrogen) atoms. The van der Waals surface area contributed by atoms with Crippen LogP contribution in [-0.2, 0) is 20.8 Å². The Bertz CT molecular complexity index is 2050. The maximum absolute atomic E-state index is 15.0. The van der Waals surface area contributed by atoms with E-state index in [0.717, 1.165) is 65.9 Å². The molecule has 1 aromatic heterocycles. The van der Waals surface area contributed by atoms with Crippen LogP contribution >= 0.6 is 12.1 Å². The molecule has 4 atom stereocenters. The summed E-state index contributed by atoms with van der Waals surface area (Å²) in [5.74, 6) is 1.67. The molecule has 4 unspecified atom stereocenters. The van der Waals surface area contributed by atoms with Crippen LogP contribution in [0.5, 0.6) is 0 Å². The standard InChI is InChI=1S/C54H77FN2O2S/c1-16-46(58)54(15,50(7,8)9)35-39(3)53(14,37-51(10,11)36-44(49(4,5)6)41-26-18-17-19-27-41)47(59)29-23-21-25-40-30-31-42(43(34-40)52(12,13)60-55)48-56-32-33-57(48)45-28-22-20-24-38(45)2/h17-20,22,24,26-28,30-34,39,44H,16,21,23,25,29,35-37H2,1-15H3. The summed E-state index contributed by atoms with van der Waals surface area (Å²) in [6, 6.07) is 25.4. The van der Waals surface area contributed by atoms with Gasteiger partial charge in [0.05, 0.1) is 16.9 Å². The Labute approximate surface area is 368 Å². The minimum absolute atomic E-state index is 0.00317. The highest BCUT2D eigenvalue weighted by Gasteiger charge is 2.50. The Balaban J connectivity index is 1.61. The fourth-order valence-corrected chi connectivity index (χ4v) is 10.0. The third-order valence-corrected chi connectivity index (χ3v) is 14.8. The highest BCUT2D eigenvalue weighted by molar-refractivity contribution is 7.95. The third-order valence-electron chi connectivity index (χ3n) is 14.2. The summed E-state index contributed by atoms with van der Waals surface area (Å²) in [5, 5.41) is 0. The molecule has 4 aromatic rings. The van der Waals surface area contributed by atoms with Gasteiger partial charge in [0.25, 0.3) is 0 Å². The molecule has 328 valence electrons. The predicted molar refractivity (Wildman–Crippen MR) is 254 cm³/mol. The molecule has 4 nitrogen and oxygen atoms in total. The van der Waals surface area contributed by atoms with Crippen molar-refractivity contribution >= 4 is 23.7 Å². The zero-order valence-electron chi connectivity index (χ0n) is 39.9. The maximum Gasteiger partial charge on any atom is 0.144 e. The molecular weight excluding hydrogens is 760 g/mol. The van der Waals surface area contributed by atoms with Gasteiger partial charge in [0.2, 0.25) is 0 Å². The lowest BCUT2D eigenvalue weighted by Crippen LogP contribution is -2.46. The molecule has 0 radical (unpaired) electrons. The second-order valence-electron chi connectivity index (χ2n) is 21.8. The van der Waals surface area contributed by atoms with Crippen molar-refractivity contribution in [2.75, 3.05) is 0 Å². The van der Waals surface area contributed by atoms with Crippen LogP contribution < -0.4 is 0 Å². The largest absolute Gasteiger partial charge is 0.300 e. The maximum atomic E-state index is 15.0. The second-order valence-corrected chi connectivity index (χ2v) is 22.9. The number of rotatable bonds is 20. The van der Waals surface area contributed by atoms with E-state index in [1.54, 1.807) is 6.20 Å². The number of para-hydroxylation sites is 1. The first-order valence-corrected chi connectivity index (χ1v) is 23.2. The fourth-order valence-electron chi connectivity index (χ4n) is 9.75. The number of nitrogens with zero attached hydrogens (tertiary/aromatic N) is 2. The van der Waals surface area contributed by atoms with E-state index in [1.165, 1.54) is 5.56 Å². The van der Waals surface area contributed by atoms with Crippen molar-refractivity contribution < 1.29 is 13.5 Å². The van der Waals surface area contributed by atoms with Gasteiger partial charge in [-0.2, -0.15) is 3.89 Å². The van der Waals surface area contributed by atoms with Crippen LogP contribution in [0.25, 0.3) is 17.1 Å². The molecule has 0 N–H and O–H groups in total. The molecule has 0 saturated heterocycles. The molecule has 0 aliphatic heterocycles. The number of imidazole rings is 1. The van der Waals surface area contributed by atoms with Gasteiger partial charge in [0.15, 0.2) is 0 Å². The second kappa shape index (κ2) is 19.3. The molecule has 0 saturated carbocycles. The van der Waals surface area contributed by atoms with E-state index in [1.807, 2.05) is 39.1 Å². The summed E-state index contributed by atoms with van der Waals surface area (Å²) < 4.78 is 16.0. The Morgan fingerprint density at radius 3 is 2.02 bits per heavy atom. The third kappa shape index (κ3) is 11.3. The van der Waals surface area contributed by atoms with E-state index in [9.17, 15) is 13.5 Å². The van der Waals surface area contributed by atoms with Crippen molar-refractivity contribution in [1.82, 2.24) is 9.55 Å². The molecule has 0 spiro atoms. The summed E-state index contributed by atoms with van der Waals surface area (Å²) in [5.41, 5.74) is 4.93. The Kier molecular flexibility index (Phi) is 15.8. The average Bonchev–Trinajstić information content (AvgIpc) is 3.67. The first-order valence-electron chi connectivity index (χ1n) is 22.5. The summed E-state index contributed by atoms with van der Waals surface area (Å²) in [4.78, 5) is 33.5. The number of benzene rings is 3. The Morgan fingerprint density at radius 2 is 1.43 bits per heavy atom. The molecule has 6 heteroatoms. The molecule has 0 aliphatic rings. The summed E-state index contributed by atoms with van der Waals surface area (Å²) in [7, 11) is 0.